The Morgan fingerprint density at radius 1 is 0.844 bits per heavy atom. The summed E-state index contributed by atoms with van der Waals surface area (Å²) >= 11 is 0. The predicted octanol–water partition coefficient (Wildman–Crippen LogP) is 4.82. The SMILES string of the molecule is Cl.Cl.Fc1ccc(-c2ccnc(CN3CCN(c4cccc5c4OCCO5)CC3)c2)cc1. The highest BCUT2D eigenvalue weighted by Crippen LogP contribution is 2.39. The zero-order valence-electron chi connectivity index (χ0n) is 17.6. The lowest BCUT2D eigenvalue weighted by Gasteiger charge is -2.37. The first-order valence-electron chi connectivity index (χ1n) is 10.3. The van der Waals surface area contributed by atoms with Gasteiger partial charge in [-0.1, -0.05) is 18.2 Å². The number of halogens is 3. The number of ether oxygens (including phenoxy) is 2. The maximum atomic E-state index is 13.2. The van der Waals surface area contributed by atoms with Crippen LogP contribution in [-0.4, -0.2) is 49.3 Å². The van der Waals surface area contributed by atoms with Crippen LogP contribution in [0.4, 0.5) is 10.1 Å². The maximum absolute atomic E-state index is 13.2. The van der Waals surface area contributed by atoms with Gasteiger partial charge in [-0.25, -0.2) is 4.39 Å². The van der Waals surface area contributed by atoms with Gasteiger partial charge in [0.15, 0.2) is 11.5 Å². The Morgan fingerprint density at radius 3 is 2.38 bits per heavy atom. The van der Waals surface area contributed by atoms with E-state index in [1.807, 2.05) is 24.4 Å². The second kappa shape index (κ2) is 10.9. The third-order valence-electron chi connectivity index (χ3n) is 5.64. The van der Waals surface area contributed by atoms with Gasteiger partial charge in [-0.05, 0) is 47.5 Å². The number of para-hydroxylation sites is 1. The number of piperazine rings is 1. The number of benzene rings is 2. The molecule has 0 radical (unpaired) electrons. The minimum Gasteiger partial charge on any atom is -0.486 e. The molecule has 3 aromatic rings. The highest BCUT2D eigenvalue weighted by atomic mass is 35.5. The largest absolute Gasteiger partial charge is 0.486 e. The fourth-order valence-corrected chi connectivity index (χ4v) is 4.07. The van der Waals surface area contributed by atoms with Crippen molar-refractivity contribution < 1.29 is 13.9 Å². The maximum Gasteiger partial charge on any atom is 0.184 e. The van der Waals surface area contributed by atoms with Crippen molar-refractivity contribution in [2.45, 2.75) is 6.54 Å². The number of anilines is 1. The summed E-state index contributed by atoms with van der Waals surface area (Å²) in [5.41, 5.74) is 4.20. The van der Waals surface area contributed by atoms with E-state index in [9.17, 15) is 4.39 Å². The summed E-state index contributed by atoms with van der Waals surface area (Å²) in [5, 5.41) is 0. The Labute approximate surface area is 200 Å². The number of nitrogens with zero attached hydrogens (tertiary/aromatic N) is 3. The number of aromatic nitrogens is 1. The van der Waals surface area contributed by atoms with Crippen molar-refractivity contribution in [2.24, 2.45) is 0 Å². The second-order valence-electron chi connectivity index (χ2n) is 7.61. The van der Waals surface area contributed by atoms with Gasteiger partial charge in [-0.2, -0.15) is 0 Å². The van der Waals surface area contributed by atoms with Gasteiger partial charge in [-0.3, -0.25) is 9.88 Å². The van der Waals surface area contributed by atoms with E-state index in [2.05, 4.69) is 26.9 Å². The molecule has 1 saturated heterocycles. The fourth-order valence-electron chi connectivity index (χ4n) is 4.07. The average molecular weight is 478 g/mol. The van der Waals surface area contributed by atoms with Gasteiger partial charge in [0.25, 0.3) is 0 Å². The van der Waals surface area contributed by atoms with Crippen LogP contribution in [0.1, 0.15) is 5.69 Å². The van der Waals surface area contributed by atoms with Crippen LogP contribution < -0.4 is 14.4 Å². The molecule has 2 aliphatic heterocycles. The molecule has 0 spiro atoms. The van der Waals surface area contributed by atoms with E-state index in [4.69, 9.17) is 9.47 Å². The molecule has 5 rings (SSSR count). The number of pyridine rings is 1. The molecular formula is C24H26Cl2FN3O2. The molecule has 0 aliphatic carbocycles. The Morgan fingerprint density at radius 2 is 1.59 bits per heavy atom. The summed E-state index contributed by atoms with van der Waals surface area (Å²) < 4.78 is 24.8. The van der Waals surface area contributed by atoms with Crippen LogP contribution in [0.2, 0.25) is 0 Å². The van der Waals surface area contributed by atoms with E-state index in [-0.39, 0.29) is 30.6 Å². The van der Waals surface area contributed by atoms with E-state index in [0.29, 0.717) is 13.2 Å². The molecule has 3 heterocycles. The lowest BCUT2D eigenvalue weighted by molar-refractivity contribution is 0.171. The molecule has 0 atom stereocenters. The number of hydrogen-bond donors (Lipinski definition) is 0. The number of hydrogen-bond acceptors (Lipinski definition) is 5. The topological polar surface area (TPSA) is 37.8 Å². The lowest BCUT2D eigenvalue weighted by atomic mass is 10.1. The first-order chi connectivity index (χ1) is 14.8. The van der Waals surface area contributed by atoms with Crippen LogP contribution in [-0.2, 0) is 6.54 Å². The first kappa shape index (κ1) is 24.1. The van der Waals surface area contributed by atoms with Crippen molar-refractivity contribution in [3.05, 3.63) is 72.3 Å². The third kappa shape index (κ3) is 5.26. The van der Waals surface area contributed by atoms with Crippen LogP contribution in [0.3, 0.4) is 0 Å². The minimum atomic E-state index is -0.220. The fraction of sp³-hybridized carbons (Fsp3) is 0.292. The molecule has 8 heteroatoms. The van der Waals surface area contributed by atoms with Crippen LogP contribution >= 0.6 is 24.8 Å². The molecule has 1 aromatic heterocycles. The summed E-state index contributed by atoms with van der Waals surface area (Å²) in [6.07, 6.45) is 1.83. The van der Waals surface area contributed by atoms with Gasteiger partial charge in [0.05, 0.1) is 11.4 Å². The van der Waals surface area contributed by atoms with Crippen LogP contribution in [0, 0.1) is 5.82 Å². The monoisotopic (exact) mass is 477 g/mol. The highest BCUT2D eigenvalue weighted by Gasteiger charge is 2.23. The first-order valence-corrected chi connectivity index (χ1v) is 10.3. The number of rotatable bonds is 4. The molecule has 2 aliphatic rings. The van der Waals surface area contributed by atoms with Gasteiger partial charge in [0.1, 0.15) is 19.0 Å². The zero-order valence-corrected chi connectivity index (χ0v) is 19.2. The summed E-state index contributed by atoms with van der Waals surface area (Å²) in [6, 6.07) is 16.8. The summed E-state index contributed by atoms with van der Waals surface area (Å²) in [4.78, 5) is 9.33. The second-order valence-corrected chi connectivity index (χ2v) is 7.61. The third-order valence-corrected chi connectivity index (χ3v) is 5.64. The molecule has 1 fully saturated rings. The van der Waals surface area contributed by atoms with E-state index >= 15 is 0 Å². The zero-order chi connectivity index (χ0) is 20.3. The highest BCUT2D eigenvalue weighted by molar-refractivity contribution is 5.85. The smallest absolute Gasteiger partial charge is 0.184 e. The Hall–Kier alpha value is -2.54. The van der Waals surface area contributed by atoms with Crippen molar-refractivity contribution in [1.29, 1.82) is 0 Å². The van der Waals surface area contributed by atoms with E-state index in [1.54, 1.807) is 12.1 Å². The van der Waals surface area contributed by atoms with Crippen LogP contribution in [0.5, 0.6) is 11.5 Å². The normalized spacial score (nSPS) is 15.5. The molecule has 2 aromatic carbocycles. The van der Waals surface area contributed by atoms with E-state index in [1.165, 1.54) is 12.1 Å². The quantitative estimate of drug-likeness (QED) is 0.538. The Kier molecular flexibility index (Phi) is 8.18. The Balaban J connectivity index is 0.00000144. The standard InChI is InChI=1S/C24H24FN3O2.2ClH/c25-20-6-4-18(5-7-20)19-8-9-26-21(16-19)17-27-10-12-28(13-11-27)22-2-1-3-23-24(22)30-15-14-29-23;;/h1-9,16H,10-15,17H2;2*1H. The van der Waals surface area contributed by atoms with E-state index < -0.39 is 0 Å². The van der Waals surface area contributed by atoms with Gasteiger partial charge in [-0.15, -0.1) is 24.8 Å². The van der Waals surface area contributed by atoms with Gasteiger partial charge >= 0.3 is 0 Å². The molecule has 170 valence electrons. The van der Waals surface area contributed by atoms with Gasteiger partial charge < -0.3 is 14.4 Å². The molecule has 32 heavy (non-hydrogen) atoms. The lowest BCUT2D eigenvalue weighted by Crippen LogP contribution is -2.46. The van der Waals surface area contributed by atoms with Crippen LogP contribution in [0.15, 0.2) is 60.8 Å². The van der Waals surface area contributed by atoms with Crippen molar-refractivity contribution in [1.82, 2.24) is 9.88 Å². The molecule has 0 bridgehead atoms. The number of fused-ring (bicyclic) bond motifs is 1. The van der Waals surface area contributed by atoms with Crippen molar-refractivity contribution >= 4 is 30.5 Å². The molecule has 5 nitrogen and oxygen atoms in total. The molecule has 0 unspecified atom stereocenters. The molecule has 0 amide bonds. The summed E-state index contributed by atoms with van der Waals surface area (Å²) in [6.45, 7) is 5.76. The van der Waals surface area contributed by atoms with Crippen molar-refractivity contribution in [3.8, 4) is 22.6 Å². The van der Waals surface area contributed by atoms with Crippen molar-refractivity contribution in [2.75, 3.05) is 44.3 Å². The predicted molar refractivity (Wildman–Crippen MR) is 129 cm³/mol. The molecule has 0 N–H and O–H groups in total. The van der Waals surface area contributed by atoms with Gasteiger partial charge in [0.2, 0.25) is 0 Å². The van der Waals surface area contributed by atoms with Gasteiger partial charge in [0, 0.05) is 38.9 Å². The Bertz CT molecular complexity index is 1030. The van der Waals surface area contributed by atoms with Crippen LogP contribution in [0.25, 0.3) is 11.1 Å². The van der Waals surface area contributed by atoms with Crippen molar-refractivity contribution in [3.63, 3.8) is 0 Å². The average Bonchev–Trinajstić information content (AvgIpc) is 2.80. The summed E-state index contributed by atoms with van der Waals surface area (Å²) in [7, 11) is 0. The minimum absolute atomic E-state index is 0. The molecule has 0 saturated carbocycles. The summed E-state index contributed by atoms with van der Waals surface area (Å²) in [5.74, 6) is 1.48. The molecular weight excluding hydrogens is 452 g/mol. The van der Waals surface area contributed by atoms with E-state index in [0.717, 1.165) is 66.7 Å².